The lowest BCUT2D eigenvalue weighted by atomic mass is 10.1. The number of hydrogen-bond acceptors (Lipinski definition) is 6. The second-order valence-electron chi connectivity index (χ2n) is 3.54. The maximum absolute atomic E-state index is 10.5. The molecule has 7 nitrogen and oxygen atoms in total. The van der Waals surface area contributed by atoms with Crippen molar-refractivity contribution in [3.8, 4) is 6.07 Å². The van der Waals surface area contributed by atoms with Gasteiger partial charge in [0.25, 0.3) is 0 Å². The van der Waals surface area contributed by atoms with Crippen molar-refractivity contribution in [2.24, 2.45) is 5.73 Å². The first kappa shape index (κ1) is 12.3. The van der Waals surface area contributed by atoms with Gasteiger partial charge in [0.1, 0.15) is 11.0 Å². The third-order valence-electron chi connectivity index (χ3n) is 2.37. The molecule has 0 spiro atoms. The molecule has 0 saturated carbocycles. The van der Waals surface area contributed by atoms with Gasteiger partial charge in [-0.3, -0.25) is 15.1 Å². The zero-order valence-electron chi connectivity index (χ0n) is 9.61. The van der Waals surface area contributed by atoms with E-state index < -0.39 is 10.8 Å². The Morgan fingerprint density at radius 1 is 1.47 bits per heavy atom. The van der Waals surface area contributed by atoms with Gasteiger partial charge in [-0.15, -0.1) is 0 Å². The summed E-state index contributed by atoms with van der Waals surface area (Å²) in [5, 5.41) is 19.7. The van der Waals surface area contributed by atoms with Crippen LogP contribution in [-0.4, -0.2) is 9.91 Å². The van der Waals surface area contributed by atoms with Crippen molar-refractivity contribution in [3.05, 3.63) is 58.1 Å². The van der Waals surface area contributed by atoms with Crippen LogP contribution in [0.2, 0.25) is 0 Å². The predicted octanol–water partition coefficient (Wildman–Crippen LogP) is 1.93. The SMILES string of the molecule is N#C/C(=C(/N)c1ccc([N+](=O)[O-])o1)c1cccnc1. The molecule has 0 aliphatic rings. The number of pyridine rings is 1. The summed E-state index contributed by atoms with van der Waals surface area (Å²) in [5.74, 6) is -0.353. The normalized spacial score (nSPS) is 11.5. The lowest BCUT2D eigenvalue weighted by Gasteiger charge is -2.02. The lowest BCUT2D eigenvalue weighted by molar-refractivity contribution is -0.402. The largest absolute Gasteiger partial charge is 0.433 e. The molecule has 0 atom stereocenters. The molecule has 7 heteroatoms. The van der Waals surface area contributed by atoms with E-state index in [-0.39, 0.29) is 17.0 Å². The average Bonchev–Trinajstić information content (AvgIpc) is 2.90. The van der Waals surface area contributed by atoms with Crippen LogP contribution in [0.15, 0.2) is 41.1 Å². The molecule has 0 radical (unpaired) electrons. The van der Waals surface area contributed by atoms with Crippen molar-refractivity contribution in [2.45, 2.75) is 0 Å². The lowest BCUT2D eigenvalue weighted by Crippen LogP contribution is -1.99. The zero-order chi connectivity index (χ0) is 13.8. The molecule has 0 amide bonds. The molecule has 0 fully saturated rings. The summed E-state index contributed by atoms with van der Waals surface area (Å²) in [7, 11) is 0. The Labute approximate surface area is 107 Å². The topological polar surface area (TPSA) is 119 Å². The molecular weight excluding hydrogens is 248 g/mol. The fourth-order valence-corrected chi connectivity index (χ4v) is 1.48. The molecule has 0 aromatic carbocycles. The van der Waals surface area contributed by atoms with Crippen molar-refractivity contribution in [1.29, 1.82) is 5.26 Å². The minimum Gasteiger partial charge on any atom is -0.399 e. The Kier molecular flexibility index (Phi) is 3.25. The number of allylic oxidation sites excluding steroid dienone is 1. The van der Waals surface area contributed by atoms with Crippen LogP contribution < -0.4 is 5.73 Å². The van der Waals surface area contributed by atoms with Gasteiger partial charge in [0.2, 0.25) is 0 Å². The highest BCUT2D eigenvalue weighted by molar-refractivity contribution is 5.94. The van der Waals surface area contributed by atoms with E-state index in [1.165, 1.54) is 18.3 Å². The van der Waals surface area contributed by atoms with Crippen molar-refractivity contribution in [3.63, 3.8) is 0 Å². The molecule has 0 saturated heterocycles. The maximum atomic E-state index is 10.5. The van der Waals surface area contributed by atoms with E-state index in [0.29, 0.717) is 5.56 Å². The summed E-state index contributed by atoms with van der Waals surface area (Å²) in [6.07, 6.45) is 3.04. The van der Waals surface area contributed by atoms with Gasteiger partial charge < -0.3 is 10.2 Å². The summed E-state index contributed by atoms with van der Waals surface area (Å²) < 4.78 is 4.96. The molecule has 2 aromatic rings. The molecule has 19 heavy (non-hydrogen) atoms. The van der Waals surface area contributed by atoms with E-state index in [4.69, 9.17) is 15.4 Å². The van der Waals surface area contributed by atoms with Gasteiger partial charge >= 0.3 is 5.88 Å². The number of nitro groups is 1. The second kappa shape index (κ2) is 5.01. The molecule has 2 aromatic heterocycles. The number of nitrogens with two attached hydrogens (primary N) is 1. The fraction of sp³-hybridized carbons (Fsp3) is 0. The Bertz CT molecular complexity index is 683. The van der Waals surface area contributed by atoms with E-state index >= 15 is 0 Å². The maximum Gasteiger partial charge on any atom is 0.433 e. The van der Waals surface area contributed by atoms with Gasteiger partial charge in [0.15, 0.2) is 5.76 Å². The van der Waals surface area contributed by atoms with E-state index in [9.17, 15) is 10.1 Å². The first-order chi connectivity index (χ1) is 9.13. The molecule has 2 heterocycles. The van der Waals surface area contributed by atoms with E-state index in [1.54, 1.807) is 18.3 Å². The minimum atomic E-state index is -0.674. The molecule has 2 rings (SSSR count). The van der Waals surface area contributed by atoms with Crippen LogP contribution in [0.4, 0.5) is 5.88 Å². The van der Waals surface area contributed by atoms with Gasteiger partial charge in [-0.2, -0.15) is 5.26 Å². The van der Waals surface area contributed by atoms with Crippen LogP contribution in [0.1, 0.15) is 11.3 Å². The highest BCUT2D eigenvalue weighted by Crippen LogP contribution is 2.25. The number of hydrogen-bond donors (Lipinski definition) is 1. The molecule has 94 valence electrons. The number of nitriles is 1. The van der Waals surface area contributed by atoms with E-state index in [0.717, 1.165) is 0 Å². The van der Waals surface area contributed by atoms with Crippen LogP contribution in [0.25, 0.3) is 11.3 Å². The molecular formula is C12H8N4O3. The summed E-state index contributed by atoms with van der Waals surface area (Å²) in [5.41, 5.74) is 6.51. The molecule has 0 bridgehead atoms. The fourth-order valence-electron chi connectivity index (χ4n) is 1.48. The predicted molar refractivity (Wildman–Crippen MR) is 66.2 cm³/mol. The highest BCUT2D eigenvalue weighted by Gasteiger charge is 2.16. The Morgan fingerprint density at radius 3 is 2.79 bits per heavy atom. The number of rotatable bonds is 3. The van der Waals surface area contributed by atoms with Crippen LogP contribution in [0.5, 0.6) is 0 Å². The zero-order valence-corrected chi connectivity index (χ0v) is 9.61. The second-order valence-corrected chi connectivity index (χ2v) is 3.54. The van der Waals surface area contributed by atoms with Crippen molar-refractivity contribution < 1.29 is 9.34 Å². The standard InChI is InChI=1S/C12H8N4O3/c13-6-9(8-2-1-5-15-7-8)12(14)10-3-4-11(19-10)16(17)18/h1-5,7H,14H2/b12-9-. The average molecular weight is 256 g/mol. The van der Waals surface area contributed by atoms with Crippen molar-refractivity contribution >= 4 is 17.2 Å². The monoisotopic (exact) mass is 256 g/mol. The van der Waals surface area contributed by atoms with Gasteiger partial charge in [-0.1, -0.05) is 6.07 Å². The smallest absolute Gasteiger partial charge is 0.399 e. The van der Waals surface area contributed by atoms with Crippen LogP contribution >= 0.6 is 0 Å². The summed E-state index contributed by atoms with van der Waals surface area (Å²) >= 11 is 0. The third kappa shape index (κ3) is 2.42. The Balaban J connectivity index is 2.49. The Morgan fingerprint density at radius 2 is 2.26 bits per heavy atom. The van der Waals surface area contributed by atoms with Crippen molar-refractivity contribution in [1.82, 2.24) is 4.98 Å². The van der Waals surface area contributed by atoms with Crippen LogP contribution in [0.3, 0.4) is 0 Å². The van der Waals surface area contributed by atoms with Crippen molar-refractivity contribution in [2.75, 3.05) is 0 Å². The number of aromatic nitrogens is 1. The quantitative estimate of drug-likeness (QED) is 0.509. The minimum absolute atomic E-state index is 0.0311. The summed E-state index contributed by atoms with van der Waals surface area (Å²) in [6, 6.07) is 7.79. The van der Waals surface area contributed by atoms with Gasteiger partial charge in [-0.05, 0) is 12.1 Å². The van der Waals surface area contributed by atoms with Gasteiger partial charge in [0.05, 0.1) is 17.3 Å². The highest BCUT2D eigenvalue weighted by atomic mass is 16.6. The van der Waals surface area contributed by atoms with Crippen LogP contribution in [-0.2, 0) is 0 Å². The Hall–Kier alpha value is -3.14. The molecule has 0 aliphatic heterocycles. The van der Waals surface area contributed by atoms with Gasteiger partial charge in [0, 0.05) is 18.0 Å². The van der Waals surface area contributed by atoms with Gasteiger partial charge in [-0.25, -0.2) is 0 Å². The first-order valence-corrected chi connectivity index (χ1v) is 5.18. The number of furan rings is 1. The molecule has 2 N–H and O–H groups in total. The third-order valence-corrected chi connectivity index (χ3v) is 2.37. The molecule has 0 aliphatic carbocycles. The van der Waals surface area contributed by atoms with E-state index in [2.05, 4.69) is 4.98 Å². The first-order valence-electron chi connectivity index (χ1n) is 5.18. The van der Waals surface area contributed by atoms with E-state index in [1.807, 2.05) is 6.07 Å². The summed E-state index contributed by atoms with van der Waals surface area (Å²) in [6.45, 7) is 0. The molecule has 0 unspecified atom stereocenters. The summed E-state index contributed by atoms with van der Waals surface area (Å²) in [4.78, 5) is 13.7. The number of nitrogens with zero attached hydrogens (tertiary/aromatic N) is 3. The van der Waals surface area contributed by atoms with Crippen LogP contribution in [0, 0.1) is 21.4 Å².